The molecule has 0 radical (unpaired) electrons. The van der Waals surface area contributed by atoms with Crippen molar-refractivity contribution in [2.24, 2.45) is 0 Å². The predicted octanol–water partition coefficient (Wildman–Crippen LogP) is 3.87. The largest absolute Gasteiger partial charge is 0.464 e. The lowest BCUT2D eigenvalue weighted by atomic mass is 10.0. The maximum absolute atomic E-state index is 12.5. The Bertz CT molecular complexity index is 995. The van der Waals surface area contributed by atoms with Crippen LogP contribution in [0.2, 0.25) is 0 Å². The minimum Gasteiger partial charge on any atom is -0.464 e. The van der Waals surface area contributed by atoms with E-state index in [2.05, 4.69) is 11.1 Å². The van der Waals surface area contributed by atoms with Gasteiger partial charge in [-0.25, -0.2) is 0 Å². The second-order valence-electron chi connectivity index (χ2n) is 5.12. The summed E-state index contributed by atoms with van der Waals surface area (Å²) in [4.78, 5) is 15.8. The maximum atomic E-state index is 12.5. The van der Waals surface area contributed by atoms with Gasteiger partial charge in [-0.1, -0.05) is 30.3 Å². The number of benzene rings is 2. The third kappa shape index (κ3) is 1.94. The Morgan fingerprint density at radius 2 is 1.67 bits per heavy atom. The molecule has 0 unspecified atom stereocenters. The molecule has 0 aliphatic heterocycles. The standard InChI is InChI=1S/C18H13NO2/c20-18-13(11-21-17-8-4-2-6-15(17)18)9-12-10-19-16-7-3-1-5-14(12)16/h1-8,10-11,19H,9H2. The first-order valence-corrected chi connectivity index (χ1v) is 6.87. The van der Waals surface area contributed by atoms with Crippen LogP contribution >= 0.6 is 0 Å². The van der Waals surface area contributed by atoms with E-state index in [9.17, 15) is 4.79 Å². The molecule has 21 heavy (non-hydrogen) atoms. The van der Waals surface area contributed by atoms with Crippen molar-refractivity contribution in [3.05, 3.63) is 82.3 Å². The first-order valence-electron chi connectivity index (χ1n) is 6.87. The highest BCUT2D eigenvalue weighted by Crippen LogP contribution is 2.20. The van der Waals surface area contributed by atoms with Gasteiger partial charge in [-0.15, -0.1) is 0 Å². The quantitative estimate of drug-likeness (QED) is 0.603. The van der Waals surface area contributed by atoms with Gasteiger partial charge in [0.2, 0.25) is 0 Å². The maximum Gasteiger partial charge on any atom is 0.196 e. The Kier molecular flexibility index (Phi) is 2.64. The highest BCUT2D eigenvalue weighted by Gasteiger charge is 2.10. The van der Waals surface area contributed by atoms with Crippen molar-refractivity contribution in [3.8, 4) is 0 Å². The molecule has 4 rings (SSSR count). The molecule has 0 spiro atoms. The number of aromatic amines is 1. The molecule has 3 nitrogen and oxygen atoms in total. The van der Waals surface area contributed by atoms with Crippen LogP contribution in [-0.2, 0) is 6.42 Å². The molecule has 2 aromatic heterocycles. The molecule has 2 heterocycles. The van der Waals surface area contributed by atoms with E-state index < -0.39 is 0 Å². The van der Waals surface area contributed by atoms with Crippen LogP contribution in [0.3, 0.4) is 0 Å². The fraction of sp³-hybridized carbons (Fsp3) is 0.0556. The van der Waals surface area contributed by atoms with Crippen molar-refractivity contribution in [2.45, 2.75) is 6.42 Å². The van der Waals surface area contributed by atoms with Crippen molar-refractivity contribution in [2.75, 3.05) is 0 Å². The van der Waals surface area contributed by atoms with E-state index in [-0.39, 0.29) is 5.43 Å². The molecule has 0 bridgehead atoms. The van der Waals surface area contributed by atoms with Crippen LogP contribution in [0.1, 0.15) is 11.1 Å². The van der Waals surface area contributed by atoms with E-state index in [4.69, 9.17) is 4.42 Å². The summed E-state index contributed by atoms with van der Waals surface area (Å²) in [5, 5.41) is 1.78. The molecule has 0 saturated heterocycles. The van der Waals surface area contributed by atoms with Gasteiger partial charge in [0.15, 0.2) is 5.43 Å². The number of H-pyrrole nitrogens is 1. The first kappa shape index (κ1) is 12.0. The van der Waals surface area contributed by atoms with Crippen LogP contribution in [0.5, 0.6) is 0 Å². The normalized spacial score (nSPS) is 11.2. The number of para-hydroxylation sites is 2. The van der Waals surface area contributed by atoms with Crippen molar-refractivity contribution >= 4 is 21.9 Å². The van der Waals surface area contributed by atoms with Crippen LogP contribution in [0, 0.1) is 0 Å². The second kappa shape index (κ2) is 4.63. The first-order chi connectivity index (χ1) is 10.3. The lowest BCUT2D eigenvalue weighted by molar-refractivity contribution is 0.595. The molecule has 2 aromatic carbocycles. The summed E-state index contributed by atoms with van der Waals surface area (Å²) in [6.07, 6.45) is 4.10. The molecule has 0 amide bonds. The summed E-state index contributed by atoms with van der Waals surface area (Å²) < 4.78 is 5.57. The van der Waals surface area contributed by atoms with E-state index in [1.807, 2.05) is 42.6 Å². The minimum atomic E-state index is 0.0436. The van der Waals surface area contributed by atoms with E-state index >= 15 is 0 Å². The van der Waals surface area contributed by atoms with Crippen molar-refractivity contribution in [3.63, 3.8) is 0 Å². The van der Waals surface area contributed by atoms with Crippen molar-refractivity contribution in [1.29, 1.82) is 0 Å². The average Bonchev–Trinajstić information content (AvgIpc) is 2.94. The van der Waals surface area contributed by atoms with Gasteiger partial charge in [0.05, 0.1) is 11.6 Å². The molecule has 0 atom stereocenters. The topological polar surface area (TPSA) is 46.0 Å². The zero-order chi connectivity index (χ0) is 14.2. The SMILES string of the molecule is O=c1c(Cc2c[nH]c3ccccc23)coc2ccccc12. The summed E-state index contributed by atoms with van der Waals surface area (Å²) in [7, 11) is 0. The molecule has 0 aliphatic rings. The van der Waals surface area contributed by atoms with Gasteiger partial charge >= 0.3 is 0 Å². The number of hydrogen-bond acceptors (Lipinski definition) is 2. The van der Waals surface area contributed by atoms with E-state index in [1.165, 1.54) is 0 Å². The lowest BCUT2D eigenvalue weighted by Gasteiger charge is -2.02. The van der Waals surface area contributed by atoms with Crippen molar-refractivity contribution in [1.82, 2.24) is 4.98 Å². The smallest absolute Gasteiger partial charge is 0.196 e. The summed E-state index contributed by atoms with van der Waals surface area (Å²) in [5.74, 6) is 0. The molecular weight excluding hydrogens is 262 g/mol. The molecule has 102 valence electrons. The molecule has 1 N–H and O–H groups in total. The third-order valence-electron chi connectivity index (χ3n) is 3.81. The number of hydrogen-bond donors (Lipinski definition) is 1. The van der Waals surface area contributed by atoms with Crippen LogP contribution in [-0.4, -0.2) is 4.98 Å². The van der Waals surface area contributed by atoms with Gasteiger partial charge in [0.1, 0.15) is 5.58 Å². The Morgan fingerprint density at radius 3 is 2.57 bits per heavy atom. The fourth-order valence-electron chi connectivity index (χ4n) is 2.72. The van der Waals surface area contributed by atoms with Gasteiger partial charge in [-0.2, -0.15) is 0 Å². The number of rotatable bonds is 2. The Hall–Kier alpha value is -2.81. The number of fused-ring (bicyclic) bond motifs is 2. The average molecular weight is 275 g/mol. The van der Waals surface area contributed by atoms with Gasteiger partial charge in [-0.3, -0.25) is 4.79 Å². The molecule has 0 saturated carbocycles. The zero-order valence-electron chi connectivity index (χ0n) is 11.3. The molecule has 0 aliphatic carbocycles. The van der Waals surface area contributed by atoms with E-state index in [0.717, 1.165) is 16.5 Å². The summed E-state index contributed by atoms with van der Waals surface area (Å²) >= 11 is 0. The summed E-state index contributed by atoms with van der Waals surface area (Å²) in [5.41, 5.74) is 3.54. The Balaban J connectivity index is 1.84. The van der Waals surface area contributed by atoms with Gasteiger partial charge in [0, 0.05) is 29.1 Å². The molecule has 0 fully saturated rings. The lowest BCUT2D eigenvalue weighted by Crippen LogP contribution is -2.08. The van der Waals surface area contributed by atoms with Gasteiger partial charge in [-0.05, 0) is 23.8 Å². The third-order valence-corrected chi connectivity index (χ3v) is 3.81. The van der Waals surface area contributed by atoms with E-state index in [1.54, 1.807) is 12.3 Å². The van der Waals surface area contributed by atoms with E-state index in [0.29, 0.717) is 23.0 Å². The highest BCUT2D eigenvalue weighted by molar-refractivity contribution is 5.83. The predicted molar refractivity (Wildman–Crippen MR) is 83.6 cm³/mol. The minimum absolute atomic E-state index is 0.0436. The Morgan fingerprint density at radius 1 is 0.905 bits per heavy atom. The summed E-state index contributed by atoms with van der Waals surface area (Å²) in [6.45, 7) is 0. The van der Waals surface area contributed by atoms with Crippen LogP contribution < -0.4 is 5.43 Å². The van der Waals surface area contributed by atoms with Gasteiger partial charge < -0.3 is 9.40 Å². The zero-order valence-corrected chi connectivity index (χ0v) is 11.3. The molecule has 4 aromatic rings. The highest BCUT2D eigenvalue weighted by atomic mass is 16.3. The van der Waals surface area contributed by atoms with Gasteiger partial charge in [0.25, 0.3) is 0 Å². The number of aromatic nitrogens is 1. The number of nitrogens with one attached hydrogen (secondary N) is 1. The second-order valence-corrected chi connectivity index (χ2v) is 5.12. The van der Waals surface area contributed by atoms with Crippen molar-refractivity contribution < 1.29 is 4.42 Å². The summed E-state index contributed by atoms with van der Waals surface area (Å²) in [6, 6.07) is 15.4. The van der Waals surface area contributed by atoms with Crippen LogP contribution in [0.15, 0.2) is 70.2 Å². The van der Waals surface area contributed by atoms with Crippen LogP contribution in [0.25, 0.3) is 21.9 Å². The fourth-order valence-corrected chi connectivity index (χ4v) is 2.72. The molecular formula is C18H13NO2. The Labute approximate surface area is 120 Å². The molecule has 3 heteroatoms. The monoisotopic (exact) mass is 275 g/mol. The van der Waals surface area contributed by atoms with Crippen LogP contribution in [0.4, 0.5) is 0 Å².